The predicted molar refractivity (Wildman–Crippen MR) is 156 cm³/mol. The average Bonchev–Trinajstić information content (AvgIpc) is 3.15. The molecule has 0 spiro atoms. The number of ketones is 1. The number of rotatable bonds is 7. The van der Waals surface area contributed by atoms with E-state index in [9.17, 15) is 4.79 Å². The smallest absolute Gasteiger partial charge is 0.165 e. The first-order valence-corrected chi connectivity index (χ1v) is 13.4. The quantitative estimate of drug-likeness (QED) is 0.244. The Bertz CT molecular complexity index is 1440. The van der Waals surface area contributed by atoms with Gasteiger partial charge in [0.05, 0.1) is 5.71 Å². The van der Waals surface area contributed by atoms with Crippen LogP contribution in [-0.4, -0.2) is 11.5 Å². The largest absolute Gasteiger partial charge is 0.454 e. The van der Waals surface area contributed by atoms with Crippen LogP contribution in [0.3, 0.4) is 0 Å². The predicted octanol–water partition coefficient (Wildman–Crippen LogP) is 9.14. The molecule has 37 heavy (non-hydrogen) atoms. The molecule has 0 bridgehead atoms. The molecule has 0 amide bonds. The Hall–Kier alpha value is -3.72. The Kier molecular flexibility index (Phi) is 7.23. The van der Waals surface area contributed by atoms with Crippen molar-refractivity contribution in [3.63, 3.8) is 0 Å². The first kappa shape index (κ1) is 25.0. The lowest BCUT2D eigenvalue weighted by atomic mass is 9.77. The second-order valence-electron chi connectivity index (χ2n) is 10.5. The van der Waals surface area contributed by atoms with Crippen LogP contribution in [0.4, 0.5) is 5.69 Å². The molecule has 3 aromatic rings. The minimum Gasteiger partial charge on any atom is -0.454 e. The third-order valence-electron chi connectivity index (χ3n) is 7.93. The van der Waals surface area contributed by atoms with Crippen molar-refractivity contribution in [3.8, 4) is 0 Å². The summed E-state index contributed by atoms with van der Waals surface area (Å²) in [4.78, 5) is 18.5. The van der Waals surface area contributed by atoms with E-state index < -0.39 is 0 Å². The zero-order valence-electron chi connectivity index (χ0n) is 22.0. The van der Waals surface area contributed by atoms with Crippen molar-refractivity contribution in [2.75, 3.05) is 0 Å². The third-order valence-corrected chi connectivity index (χ3v) is 7.93. The van der Waals surface area contributed by atoms with Crippen LogP contribution in [0.1, 0.15) is 52.8 Å². The van der Waals surface area contributed by atoms with Crippen LogP contribution in [0.5, 0.6) is 0 Å². The van der Waals surface area contributed by atoms with Crippen molar-refractivity contribution in [1.82, 2.24) is 0 Å². The van der Waals surface area contributed by atoms with Gasteiger partial charge in [-0.1, -0.05) is 87.2 Å². The van der Waals surface area contributed by atoms with Gasteiger partial charge >= 0.3 is 0 Å². The molecule has 3 heteroatoms. The molecule has 1 fully saturated rings. The summed E-state index contributed by atoms with van der Waals surface area (Å²) in [5.41, 5.74) is 5.48. The Labute approximate surface area is 221 Å². The lowest BCUT2D eigenvalue weighted by Crippen LogP contribution is -2.22. The number of Topliss-reactive ketones (excluding diaryl/α,β-unsaturated/α-hetero) is 1. The highest BCUT2D eigenvalue weighted by molar-refractivity contribution is 6.11. The van der Waals surface area contributed by atoms with Crippen molar-refractivity contribution in [2.24, 2.45) is 28.7 Å². The molecule has 3 nitrogen and oxygen atoms in total. The second-order valence-corrected chi connectivity index (χ2v) is 10.5. The van der Waals surface area contributed by atoms with Crippen molar-refractivity contribution >= 4 is 33.7 Å². The van der Waals surface area contributed by atoms with Gasteiger partial charge < -0.3 is 4.42 Å². The van der Waals surface area contributed by atoms with Gasteiger partial charge in [0.1, 0.15) is 11.3 Å². The molecule has 0 saturated heterocycles. The van der Waals surface area contributed by atoms with Gasteiger partial charge in [-0.25, -0.2) is 4.99 Å². The fourth-order valence-electron chi connectivity index (χ4n) is 6.07. The van der Waals surface area contributed by atoms with Gasteiger partial charge in [0.25, 0.3) is 0 Å². The minimum absolute atomic E-state index is 0. The number of carbonyl (C=O) groups is 1. The van der Waals surface area contributed by atoms with Crippen LogP contribution < -0.4 is 0 Å². The van der Waals surface area contributed by atoms with Crippen molar-refractivity contribution < 1.29 is 10.6 Å². The van der Waals surface area contributed by atoms with Crippen LogP contribution in [0.15, 0.2) is 107 Å². The number of nitrogens with zero attached hydrogens (tertiary/aromatic N) is 1. The van der Waals surface area contributed by atoms with Gasteiger partial charge in [-0.05, 0) is 67.7 Å². The number of hydrogen-bond acceptors (Lipinski definition) is 3. The lowest BCUT2D eigenvalue weighted by molar-refractivity contribution is -0.119. The molecule has 1 saturated carbocycles. The van der Waals surface area contributed by atoms with E-state index in [1.807, 2.05) is 66.8 Å². The molecule has 2 aromatic carbocycles. The number of carbonyl (C=O) groups excluding carboxylic acids is 1. The topological polar surface area (TPSA) is 42.6 Å². The molecule has 1 heterocycles. The fourth-order valence-corrected chi connectivity index (χ4v) is 6.07. The average molecular weight is 492 g/mol. The Morgan fingerprint density at radius 1 is 1.05 bits per heavy atom. The number of hydrogen-bond donors (Lipinski definition) is 0. The summed E-state index contributed by atoms with van der Waals surface area (Å²) in [6.45, 7) is 10.7. The van der Waals surface area contributed by atoms with Crippen molar-refractivity contribution in [1.29, 1.82) is 0 Å². The van der Waals surface area contributed by atoms with Crippen molar-refractivity contribution in [3.05, 3.63) is 108 Å². The van der Waals surface area contributed by atoms with E-state index in [1.165, 1.54) is 0 Å². The molecule has 4 atom stereocenters. The molecular formula is C34H37NO2. The van der Waals surface area contributed by atoms with E-state index in [1.54, 1.807) is 6.08 Å². The number of allylic oxidation sites excluding steroid dienone is 7. The normalized spacial score (nSPS) is 24.4. The Morgan fingerprint density at radius 2 is 1.78 bits per heavy atom. The molecule has 0 radical (unpaired) electrons. The van der Waals surface area contributed by atoms with E-state index in [-0.39, 0.29) is 19.0 Å². The van der Waals surface area contributed by atoms with Gasteiger partial charge in [-0.15, -0.1) is 0 Å². The summed E-state index contributed by atoms with van der Waals surface area (Å²) in [5, 5.41) is 0.985. The monoisotopic (exact) mass is 491 g/mol. The molecule has 0 aliphatic heterocycles. The van der Waals surface area contributed by atoms with Crippen molar-refractivity contribution in [2.45, 2.75) is 40.0 Å². The summed E-state index contributed by atoms with van der Waals surface area (Å²) in [6, 6.07) is 18.2. The van der Waals surface area contributed by atoms with Gasteiger partial charge in [0, 0.05) is 23.9 Å². The first-order chi connectivity index (χ1) is 18.0. The number of para-hydroxylation sites is 1. The maximum Gasteiger partial charge on any atom is 0.165 e. The SMILES string of the molecule is C=CC(=Nc1c(/C(=C\C)C2C[C@H](C(=O)C3=CC=C3)C[C@H](C)CC2C)oc2ccccc12)c1ccccc1.[HH]. The zero-order valence-corrected chi connectivity index (χ0v) is 22.0. The highest BCUT2D eigenvalue weighted by atomic mass is 16.3. The highest BCUT2D eigenvalue weighted by Crippen LogP contribution is 2.47. The number of furan rings is 1. The summed E-state index contributed by atoms with van der Waals surface area (Å²) < 4.78 is 6.56. The molecule has 2 aliphatic carbocycles. The van der Waals surface area contributed by atoms with Crippen LogP contribution in [0, 0.1) is 23.7 Å². The van der Waals surface area contributed by atoms with E-state index in [2.05, 4.69) is 39.5 Å². The van der Waals surface area contributed by atoms with Gasteiger partial charge in [-0.3, -0.25) is 4.79 Å². The summed E-state index contributed by atoms with van der Waals surface area (Å²) in [6.07, 6.45) is 12.7. The number of benzene rings is 2. The van der Waals surface area contributed by atoms with E-state index in [0.717, 1.165) is 64.1 Å². The second kappa shape index (κ2) is 10.7. The standard InChI is InChI=1S/C34H35NO2.H2/c1-5-27(29-21-26(20-22(3)19-23(29)4)33(36)25-15-12-16-25)34-32(28-17-10-11-18-31(28)37-34)35-30(6-2)24-13-8-7-9-14-24;/h5-18,22-23,26,29H,2,19-21H2,1,3-4H3;1H/b27-5-,35-30?;/t22-,23?,26-,29?;/m1./s1. The first-order valence-electron chi connectivity index (χ1n) is 13.4. The fraction of sp³-hybridized carbons (Fsp3) is 0.294. The molecule has 1 aromatic heterocycles. The van der Waals surface area contributed by atoms with Gasteiger partial charge in [0.2, 0.25) is 0 Å². The Balaban J connectivity index is 0.00000336. The minimum atomic E-state index is 0. The molecular weight excluding hydrogens is 454 g/mol. The van der Waals surface area contributed by atoms with E-state index in [4.69, 9.17) is 9.41 Å². The van der Waals surface area contributed by atoms with Crippen LogP contribution >= 0.6 is 0 Å². The molecule has 190 valence electrons. The number of fused-ring (bicyclic) bond motifs is 1. The van der Waals surface area contributed by atoms with Gasteiger partial charge in [-0.2, -0.15) is 0 Å². The summed E-state index contributed by atoms with van der Waals surface area (Å²) in [5.74, 6) is 2.22. The van der Waals surface area contributed by atoms with Gasteiger partial charge in [0.15, 0.2) is 11.5 Å². The molecule has 2 aliphatic rings. The maximum absolute atomic E-state index is 13.3. The molecule has 5 rings (SSSR count). The van der Waals surface area contributed by atoms with Crippen LogP contribution in [0.2, 0.25) is 0 Å². The lowest BCUT2D eigenvalue weighted by Gasteiger charge is -2.26. The third kappa shape index (κ3) is 4.96. The molecule has 0 N–H and O–H groups in total. The summed E-state index contributed by atoms with van der Waals surface area (Å²) in [7, 11) is 0. The molecule has 2 unspecified atom stereocenters. The van der Waals surface area contributed by atoms with E-state index in [0.29, 0.717) is 11.8 Å². The summed E-state index contributed by atoms with van der Waals surface area (Å²) >= 11 is 0. The van der Waals surface area contributed by atoms with E-state index >= 15 is 0 Å². The zero-order chi connectivity index (χ0) is 25.9. The maximum atomic E-state index is 13.3. The Morgan fingerprint density at radius 3 is 2.46 bits per heavy atom. The number of aliphatic imine (C=N–C) groups is 1. The highest BCUT2D eigenvalue weighted by Gasteiger charge is 2.37. The van der Waals surface area contributed by atoms with Crippen LogP contribution in [-0.2, 0) is 4.79 Å². The van der Waals surface area contributed by atoms with Crippen LogP contribution in [0.25, 0.3) is 16.5 Å².